The molecule has 14 aromatic rings. The van der Waals surface area contributed by atoms with E-state index in [1.807, 2.05) is 0 Å². The Morgan fingerprint density at radius 1 is 0.260 bits per heavy atom. The molecule has 0 radical (unpaired) electrons. The highest BCUT2D eigenvalue weighted by Gasteiger charge is 2.27. The van der Waals surface area contributed by atoms with E-state index in [0.29, 0.717) is 5.56 Å². The van der Waals surface area contributed by atoms with Crippen molar-refractivity contribution in [3.63, 3.8) is 0 Å². The molecular formula is C67H44N6. The summed E-state index contributed by atoms with van der Waals surface area (Å²) < 4.78 is 7.20. The summed E-state index contributed by atoms with van der Waals surface area (Å²) in [6, 6.07) is 97.4. The van der Waals surface area contributed by atoms with Crippen LogP contribution < -0.4 is 9.80 Å². The van der Waals surface area contributed by atoms with Crippen LogP contribution in [0.2, 0.25) is 0 Å². The number of hydrogen-bond acceptors (Lipinski definition) is 3. The molecule has 0 amide bonds. The Labute approximate surface area is 421 Å². The predicted molar refractivity (Wildman–Crippen MR) is 304 cm³/mol. The average molecular weight is 933 g/mol. The van der Waals surface area contributed by atoms with Crippen LogP contribution >= 0.6 is 0 Å². The second kappa shape index (κ2) is 17.1. The highest BCUT2D eigenvalue weighted by atomic mass is 15.2. The number of anilines is 6. The molecule has 0 spiro atoms. The lowest BCUT2D eigenvalue weighted by molar-refractivity contribution is 1.05. The summed E-state index contributed by atoms with van der Waals surface area (Å²) in [5.41, 5.74) is 16.0. The van der Waals surface area contributed by atoms with Crippen molar-refractivity contribution >= 4 is 99.5 Å². The fraction of sp³-hybridized carbons (Fsp3) is 0. The van der Waals surface area contributed by atoms with Crippen LogP contribution in [0.5, 0.6) is 0 Å². The first-order chi connectivity index (χ1) is 36.2. The van der Waals surface area contributed by atoms with Crippen molar-refractivity contribution in [2.75, 3.05) is 9.80 Å². The molecule has 11 aromatic carbocycles. The van der Waals surface area contributed by atoms with E-state index >= 15 is 0 Å². The Balaban J connectivity index is 1.09. The summed E-state index contributed by atoms with van der Waals surface area (Å²) in [6.45, 7) is 0. The SMILES string of the molecule is N#Cc1cc(-n2c3ccccc3c3cc(N(c4ccccc4)c4ccccc4)ccc32)c(-n2c3ccccc3c3ccccc32)c(-n2c3ccccc3c3cc(N(c4ccccc4)c4ccccc4)ccc32)c1. The van der Waals surface area contributed by atoms with Crippen LogP contribution in [0, 0.1) is 11.3 Å². The molecule has 14 rings (SSSR count). The summed E-state index contributed by atoms with van der Waals surface area (Å²) in [6.07, 6.45) is 0. The molecule has 3 heterocycles. The Morgan fingerprint density at radius 3 is 0.890 bits per heavy atom. The van der Waals surface area contributed by atoms with E-state index in [4.69, 9.17) is 0 Å². The average Bonchev–Trinajstić information content (AvgIpc) is 4.10. The second-order valence-corrected chi connectivity index (χ2v) is 18.5. The number of nitrogens with zero attached hydrogens (tertiary/aromatic N) is 6. The van der Waals surface area contributed by atoms with Crippen LogP contribution in [-0.2, 0) is 0 Å². The molecule has 0 aliphatic heterocycles. The number of benzene rings is 11. The van der Waals surface area contributed by atoms with Gasteiger partial charge in [0.15, 0.2) is 0 Å². The normalized spacial score (nSPS) is 11.5. The van der Waals surface area contributed by atoms with E-state index < -0.39 is 0 Å². The number of rotatable bonds is 9. The predicted octanol–water partition coefficient (Wildman–Crippen LogP) is 17.8. The number of fused-ring (bicyclic) bond motifs is 9. The zero-order valence-electron chi connectivity index (χ0n) is 39.6. The number of aromatic nitrogens is 3. The molecule has 3 aromatic heterocycles. The molecule has 342 valence electrons. The van der Waals surface area contributed by atoms with E-state index in [0.717, 1.165) is 117 Å². The molecule has 6 nitrogen and oxygen atoms in total. The molecule has 6 heteroatoms. The van der Waals surface area contributed by atoms with Gasteiger partial charge < -0.3 is 23.5 Å². The Hall–Kier alpha value is -10.1. The van der Waals surface area contributed by atoms with Gasteiger partial charge in [-0.05, 0) is 121 Å². The van der Waals surface area contributed by atoms with E-state index in [-0.39, 0.29) is 0 Å². The second-order valence-electron chi connectivity index (χ2n) is 18.5. The van der Waals surface area contributed by atoms with Gasteiger partial charge in [0.1, 0.15) is 0 Å². The Kier molecular flexibility index (Phi) is 9.80. The van der Waals surface area contributed by atoms with Gasteiger partial charge >= 0.3 is 0 Å². The third kappa shape index (κ3) is 6.72. The van der Waals surface area contributed by atoms with Gasteiger partial charge in [0, 0.05) is 66.4 Å². The Bertz CT molecular complexity index is 4090. The summed E-state index contributed by atoms with van der Waals surface area (Å²) in [5.74, 6) is 0. The van der Waals surface area contributed by atoms with Crippen molar-refractivity contribution in [3.8, 4) is 23.1 Å². The topological polar surface area (TPSA) is 45.1 Å². The minimum Gasteiger partial charge on any atom is -0.310 e. The summed E-state index contributed by atoms with van der Waals surface area (Å²) in [5, 5.41) is 18.0. The van der Waals surface area contributed by atoms with Gasteiger partial charge in [-0.3, -0.25) is 0 Å². The van der Waals surface area contributed by atoms with Crippen molar-refractivity contribution < 1.29 is 0 Å². The van der Waals surface area contributed by atoms with Gasteiger partial charge in [0.2, 0.25) is 0 Å². The smallest absolute Gasteiger partial charge is 0.0993 e. The fourth-order valence-electron chi connectivity index (χ4n) is 11.3. The van der Waals surface area contributed by atoms with Gasteiger partial charge in [-0.1, -0.05) is 146 Å². The van der Waals surface area contributed by atoms with Crippen molar-refractivity contribution in [3.05, 3.63) is 272 Å². The minimum atomic E-state index is 0.554. The molecule has 0 aliphatic rings. The number of para-hydroxylation sites is 8. The maximum Gasteiger partial charge on any atom is 0.0993 e. The number of hydrogen-bond donors (Lipinski definition) is 0. The van der Waals surface area contributed by atoms with Crippen LogP contribution in [0.3, 0.4) is 0 Å². The van der Waals surface area contributed by atoms with Crippen molar-refractivity contribution in [2.24, 2.45) is 0 Å². The third-order valence-corrected chi connectivity index (χ3v) is 14.4. The summed E-state index contributed by atoms with van der Waals surface area (Å²) in [4.78, 5) is 4.63. The summed E-state index contributed by atoms with van der Waals surface area (Å²) >= 11 is 0. The maximum absolute atomic E-state index is 11.2. The lowest BCUT2D eigenvalue weighted by Crippen LogP contribution is -2.11. The van der Waals surface area contributed by atoms with Crippen LogP contribution in [0.15, 0.2) is 267 Å². The zero-order valence-corrected chi connectivity index (χ0v) is 39.6. The molecule has 0 saturated carbocycles. The van der Waals surface area contributed by atoms with E-state index in [9.17, 15) is 5.26 Å². The highest BCUT2D eigenvalue weighted by molar-refractivity contribution is 6.15. The number of nitriles is 1. The standard InChI is InChI=1S/C67H44N6/c68-45-46-41-65(71-59-33-17-15-31-55(59)57-43-51(37-39-63(57)71)69(47-21-5-1-6-22-47)48-23-7-2-8-24-48)67(73-61-35-19-13-29-53(61)54-30-14-20-36-62(54)73)66(42-46)72-60-34-18-16-32-56(60)58-44-52(38-40-64(58)72)70(49-25-9-3-10-26-49)50-27-11-4-12-28-50/h1-44H. The lowest BCUT2D eigenvalue weighted by Gasteiger charge is -2.26. The largest absolute Gasteiger partial charge is 0.310 e. The Morgan fingerprint density at radius 2 is 0.548 bits per heavy atom. The third-order valence-electron chi connectivity index (χ3n) is 14.4. The van der Waals surface area contributed by atoms with Crippen LogP contribution in [0.1, 0.15) is 5.56 Å². The van der Waals surface area contributed by atoms with Crippen molar-refractivity contribution in [2.45, 2.75) is 0 Å². The molecule has 0 atom stereocenters. The fourth-order valence-corrected chi connectivity index (χ4v) is 11.3. The zero-order chi connectivity index (χ0) is 48.4. The van der Waals surface area contributed by atoms with Crippen LogP contribution in [0.4, 0.5) is 34.1 Å². The highest BCUT2D eigenvalue weighted by Crippen LogP contribution is 2.46. The summed E-state index contributed by atoms with van der Waals surface area (Å²) in [7, 11) is 0. The van der Waals surface area contributed by atoms with Gasteiger partial charge in [0.25, 0.3) is 0 Å². The molecule has 0 bridgehead atoms. The molecule has 0 saturated heterocycles. The molecule has 73 heavy (non-hydrogen) atoms. The van der Waals surface area contributed by atoms with Crippen molar-refractivity contribution in [1.82, 2.24) is 13.7 Å². The molecular weight excluding hydrogens is 889 g/mol. The first-order valence-corrected chi connectivity index (χ1v) is 24.7. The van der Waals surface area contributed by atoms with Gasteiger partial charge in [-0.2, -0.15) is 5.26 Å². The van der Waals surface area contributed by atoms with Crippen molar-refractivity contribution in [1.29, 1.82) is 5.26 Å². The first-order valence-electron chi connectivity index (χ1n) is 24.7. The van der Waals surface area contributed by atoms with Gasteiger partial charge in [-0.15, -0.1) is 0 Å². The van der Waals surface area contributed by atoms with E-state index in [1.165, 1.54) is 0 Å². The maximum atomic E-state index is 11.2. The molecule has 0 fully saturated rings. The van der Waals surface area contributed by atoms with E-state index in [1.54, 1.807) is 0 Å². The minimum absolute atomic E-state index is 0.554. The van der Waals surface area contributed by atoms with Gasteiger partial charge in [0.05, 0.1) is 61.8 Å². The molecule has 0 unspecified atom stereocenters. The van der Waals surface area contributed by atoms with Crippen LogP contribution in [-0.4, -0.2) is 13.7 Å². The molecule has 0 N–H and O–H groups in total. The van der Waals surface area contributed by atoms with E-state index in [2.05, 4.69) is 296 Å². The first kappa shape index (κ1) is 41.8. The molecule has 0 aliphatic carbocycles. The van der Waals surface area contributed by atoms with Crippen LogP contribution in [0.25, 0.3) is 82.5 Å². The quantitative estimate of drug-likeness (QED) is 0.145. The van der Waals surface area contributed by atoms with Gasteiger partial charge in [-0.25, -0.2) is 0 Å². The lowest BCUT2D eigenvalue weighted by atomic mass is 10.1. The monoisotopic (exact) mass is 932 g/mol.